The standard InChI is InChI=1S/C27H26N2/c1-18(2)19-3-5-20(6-4-19)23-15-24(21-7-11-26(28)12-8-21)17-25(16-23)22-9-13-27(29)14-10-22/h3-18H,28-29H2,1-2H3. The van der Waals surface area contributed by atoms with Crippen LogP contribution in [-0.2, 0) is 0 Å². The first-order chi connectivity index (χ1) is 14.0. The minimum atomic E-state index is 0.524. The Morgan fingerprint density at radius 2 is 0.759 bits per heavy atom. The van der Waals surface area contributed by atoms with E-state index >= 15 is 0 Å². The molecule has 0 aliphatic carbocycles. The molecule has 0 radical (unpaired) electrons. The topological polar surface area (TPSA) is 52.0 Å². The van der Waals surface area contributed by atoms with E-state index in [4.69, 9.17) is 11.5 Å². The van der Waals surface area contributed by atoms with Crippen molar-refractivity contribution in [2.45, 2.75) is 19.8 Å². The predicted molar refractivity (Wildman–Crippen MR) is 126 cm³/mol. The van der Waals surface area contributed by atoms with Crippen molar-refractivity contribution in [1.82, 2.24) is 0 Å². The summed E-state index contributed by atoms with van der Waals surface area (Å²) in [6, 6.07) is 31.7. The maximum atomic E-state index is 5.89. The Morgan fingerprint density at radius 3 is 1.07 bits per heavy atom. The van der Waals surface area contributed by atoms with Crippen molar-refractivity contribution >= 4 is 11.4 Å². The van der Waals surface area contributed by atoms with E-state index in [1.165, 1.54) is 27.8 Å². The molecule has 4 N–H and O–H groups in total. The number of anilines is 2. The Morgan fingerprint density at radius 1 is 0.448 bits per heavy atom. The minimum absolute atomic E-state index is 0.524. The van der Waals surface area contributed by atoms with Gasteiger partial charge in [-0.1, -0.05) is 62.4 Å². The van der Waals surface area contributed by atoms with E-state index in [0.717, 1.165) is 22.5 Å². The monoisotopic (exact) mass is 378 g/mol. The summed E-state index contributed by atoms with van der Waals surface area (Å²) < 4.78 is 0. The van der Waals surface area contributed by atoms with Crippen molar-refractivity contribution in [2.75, 3.05) is 11.5 Å². The van der Waals surface area contributed by atoms with Crippen LogP contribution in [0.2, 0.25) is 0 Å². The Bertz CT molecular complexity index is 1040. The second-order valence-corrected chi connectivity index (χ2v) is 7.82. The molecule has 0 atom stereocenters. The molecular formula is C27H26N2. The molecule has 0 amide bonds. The number of hydrogen-bond donors (Lipinski definition) is 2. The predicted octanol–water partition coefficient (Wildman–Crippen LogP) is 6.98. The van der Waals surface area contributed by atoms with Gasteiger partial charge in [0, 0.05) is 11.4 Å². The zero-order valence-electron chi connectivity index (χ0n) is 16.9. The summed E-state index contributed by atoms with van der Waals surface area (Å²) in [7, 11) is 0. The normalized spacial score (nSPS) is 11.0. The zero-order valence-corrected chi connectivity index (χ0v) is 16.9. The molecule has 4 aromatic carbocycles. The third kappa shape index (κ3) is 4.17. The van der Waals surface area contributed by atoms with Gasteiger partial charge in [0.25, 0.3) is 0 Å². The molecule has 2 heteroatoms. The van der Waals surface area contributed by atoms with Gasteiger partial charge in [-0.3, -0.25) is 0 Å². The average Bonchev–Trinajstić information content (AvgIpc) is 2.74. The SMILES string of the molecule is CC(C)c1ccc(-c2cc(-c3ccc(N)cc3)cc(-c3ccc(N)cc3)c2)cc1. The number of nitrogens with two attached hydrogens (primary N) is 2. The molecule has 0 aliphatic heterocycles. The van der Waals surface area contributed by atoms with Crippen LogP contribution in [0.1, 0.15) is 25.3 Å². The number of rotatable bonds is 4. The highest BCUT2D eigenvalue weighted by molar-refractivity contribution is 5.81. The van der Waals surface area contributed by atoms with Gasteiger partial charge in [0.1, 0.15) is 0 Å². The molecule has 0 aromatic heterocycles. The molecule has 4 aromatic rings. The smallest absolute Gasteiger partial charge is 0.0314 e. The van der Waals surface area contributed by atoms with E-state index < -0.39 is 0 Å². The third-order valence-electron chi connectivity index (χ3n) is 5.33. The van der Waals surface area contributed by atoms with Gasteiger partial charge < -0.3 is 11.5 Å². The van der Waals surface area contributed by atoms with Crippen LogP contribution in [0.15, 0.2) is 91.0 Å². The molecule has 0 aliphatic rings. The van der Waals surface area contributed by atoms with Crippen LogP contribution < -0.4 is 11.5 Å². The molecule has 4 rings (SSSR count). The summed E-state index contributed by atoms with van der Waals surface area (Å²) in [5.74, 6) is 0.524. The largest absolute Gasteiger partial charge is 0.399 e. The lowest BCUT2D eigenvalue weighted by Crippen LogP contribution is -1.90. The molecule has 0 saturated heterocycles. The molecule has 0 saturated carbocycles. The summed E-state index contributed by atoms with van der Waals surface area (Å²) in [6.45, 7) is 4.44. The van der Waals surface area contributed by atoms with Gasteiger partial charge >= 0.3 is 0 Å². The molecular weight excluding hydrogens is 352 g/mol. The maximum absolute atomic E-state index is 5.89. The highest BCUT2D eigenvalue weighted by atomic mass is 14.5. The first kappa shape index (κ1) is 18.8. The Labute approximate surface area is 172 Å². The first-order valence-corrected chi connectivity index (χ1v) is 9.97. The maximum Gasteiger partial charge on any atom is 0.0314 e. The molecule has 29 heavy (non-hydrogen) atoms. The summed E-state index contributed by atoms with van der Waals surface area (Å²) in [4.78, 5) is 0. The molecule has 0 bridgehead atoms. The minimum Gasteiger partial charge on any atom is -0.399 e. The summed E-state index contributed by atoms with van der Waals surface area (Å²) in [5, 5.41) is 0. The molecule has 2 nitrogen and oxygen atoms in total. The number of benzene rings is 4. The number of nitrogen functional groups attached to an aromatic ring is 2. The average molecular weight is 379 g/mol. The molecule has 0 fully saturated rings. The van der Waals surface area contributed by atoms with E-state index in [1.807, 2.05) is 24.3 Å². The third-order valence-corrected chi connectivity index (χ3v) is 5.33. The van der Waals surface area contributed by atoms with Crippen molar-refractivity contribution in [1.29, 1.82) is 0 Å². The zero-order chi connectivity index (χ0) is 20.4. The van der Waals surface area contributed by atoms with Crippen molar-refractivity contribution in [3.8, 4) is 33.4 Å². The van der Waals surface area contributed by atoms with Gasteiger partial charge in [-0.2, -0.15) is 0 Å². The van der Waals surface area contributed by atoms with Crippen LogP contribution in [0.3, 0.4) is 0 Å². The second-order valence-electron chi connectivity index (χ2n) is 7.82. The van der Waals surface area contributed by atoms with Gasteiger partial charge in [0.05, 0.1) is 0 Å². The van der Waals surface area contributed by atoms with Gasteiger partial charge in [-0.15, -0.1) is 0 Å². The summed E-state index contributed by atoms with van der Waals surface area (Å²) in [5.41, 5.74) is 21.7. The summed E-state index contributed by atoms with van der Waals surface area (Å²) >= 11 is 0. The summed E-state index contributed by atoms with van der Waals surface area (Å²) in [6.07, 6.45) is 0. The fourth-order valence-corrected chi connectivity index (χ4v) is 3.54. The Hall–Kier alpha value is -3.52. The molecule has 0 heterocycles. The molecule has 0 unspecified atom stereocenters. The van der Waals surface area contributed by atoms with Crippen molar-refractivity contribution in [2.24, 2.45) is 0 Å². The van der Waals surface area contributed by atoms with Gasteiger partial charge in [-0.25, -0.2) is 0 Å². The van der Waals surface area contributed by atoms with Crippen LogP contribution >= 0.6 is 0 Å². The second kappa shape index (κ2) is 7.84. The van der Waals surface area contributed by atoms with Crippen LogP contribution in [0.25, 0.3) is 33.4 Å². The highest BCUT2D eigenvalue weighted by Crippen LogP contribution is 2.34. The van der Waals surface area contributed by atoms with Crippen molar-refractivity contribution in [3.05, 3.63) is 96.6 Å². The van der Waals surface area contributed by atoms with Crippen LogP contribution in [-0.4, -0.2) is 0 Å². The fraction of sp³-hybridized carbons (Fsp3) is 0.111. The van der Waals surface area contributed by atoms with E-state index in [-0.39, 0.29) is 0 Å². The van der Waals surface area contributed by atoms with E-state index in [0.29, 0.717) is 5.92 Å². The van der Waals surface area contributed by atoms with Gasteiger partial charge in [-0.05, 0) is 87.3 Å². The Kier molecular flexibility index (Phi) is 5.09. The van der Waals surface area contributed by atoms with Gasteiger partial charge in [0.2, 0.25) is 0 Å². The van der Waals surface area contributed by atoms with E-state index in [1.54, 1.807) is 0 Å². The van der Waals surface area contributed by atoms with Crippen molar-refractivity contribution < 1.29 is 0 Å². The Balaban J connectivity index is 1.85. The fourth-order valence-electron chi connectivity index (χ4n) is 3.54. The first-order valence-electron chi connectivity index (χ1n) is 9.97. The van der Waals surface area contributed by atoms with Crippen LogP contribution in [0.5, 0.6) is 0 Å². The van der Waals surface area contributed by atoms with Gasteiger partial charge in [0.15, 0.2) is 0 Å². The van der Waals surface area contributed by atoms with Crippen molar-refractivity contribution in [3.63, 3.8) is 0 Å². The molecule has 144 valence electrons. The highest BCUT2D eigenvalue weighted by Gasteiger charge is 2.08. The number of hydrogen-bond acceptors (Lipinski definition) is 2. The lowest BCUT2D eigenvalue weighted by atomic mass is 9.92. The van der Waals surface area contributed by atoms with E-state index in [2.05, 4.69) is 80.6 Å². The van der Waals surface area contributed by atoms with Crippen LogP contribution in [0.4, 0.5) is 11.4 Å². The van der Waals surface area contributed by atoms with E-state index in [9.17, 15) is 0 Å². The van der Waals surface area contributed by atoms with Crippen LogP contribution in [0, 0.1) is 0 Å². The lowest BCUT2D eigenvalue weighted by molar-refractivity contribution is 0.867. The quantitative estimate of drug-likeness (QED) is 0.377. The lowest BCUT2D eigenvalue weighted by Gasteiger charge is -2.13. The molecule has 0 spiro atoms.